The van der Waals surface area contributed by atoms with E-state index in [0.717, 1.165) is 12.8 Å². The molecule has 1 aromatic carbocycles. The van der Waals surface area contributed by atoms with E-state index >= 15 is 0 Å². The van der Waals surface area contributed by atoms with Gasteiger partial charge in [-0.05, 0) is 31.0 Å². The lowest BCUT2D eigenvalue weighted by Crippen LogP contribution is -2.24. The molecule has 22 heavy (non-hydrogen) atoms. The number of hydrogen-bond acceptors (Lipinski definition) is 4. The van der Waals surface area contributed by atoms with Crippen LogP contribution in [0.1, 0.15) is 30.7 Å². The zero-order valence-electron chi connectivity index (χ0n) is 11.5. The van der Waals surface area contributed by atoms with Gasteiger partial charge in [0.1, 0.15) is 5.82 Å². The summed E-state index contributed by atoms with van der Waals surface area (Å²) in [6.45, 7) is 0. The highest BCUT2D eigenvalue weighted by Crippen LogP contribution is 2.44. The SMILES string of the molecule is Fc1ccc(-c2noc(C3CC(n4ccnc4)C3)n2)c(Cl)c1. The van der Waals surface area contributed by atoms with E-state index in [1.807, 2.05) is 12.5 Å². The summed E-state index contributed by atoms with van der Waals surface area (Å²) < 4.78 is 20.5. The molecular weight excluding hydrogens is 307 g/mol. The predicted molar refractivity (Wildman–Crippen MR) is 77.9 cm³/mol. The van der Waals surface area contributed by atoms with E-state index in [9.17, 15) is 4.39 Å². The van der Waals surface area contributed by atoms with Crippen molar-refractivity contribution in [3.8, 4) is 11.4 Å². The van der Waals surface area contributed by atoms with Crippen LogP contribution in [-0.4, -0.2) is 19.7 Å². The van der Waals surface area contributed by atoms with Gasteiger partial charge in [0.05, 0.1) is 11.3 Å². The van der Waals surface area contributed by atoms with Gasteiger partial charge in [-0.2, -0.15) is 4.98 Å². The molecule has 0 saturated heterocycles. The second-order valence-corrected chi connectivity index (χ2v) is 5.82. The lowest BCUT2D eigenvalue weighted by Gasteiger charge is -2.33. The molecule has 2 aromatic heterocycles. The summed E-state index contributed by atoms with van der Waals surface area (Å²) in [6.07, 6.45) is 7.43. The topological polar surface area (TPSA) is 56.7 Å². The maximum absolute atomic E-state index is 13.1. The van der Waals surface area contributed by atoms with Crippen LogP contribution in [0.2, 0.25) is 5.02 Å². The Balaban J connectivity index is 1.51. The van der Waals surface area contributed by atoms with Gasteiger partial charge in [-0.25, -0.2) is 9.37 Å². The zero-order valence-corrected chi connectivity index (χ0v) is 12.2. The van der Waals surface area contributed by atoms with Gasteiger partial charge in [-0.3, -0.25) is 0 Å². The molecule has 0 amide bonds. The number of imidazole rings is 1. The molecule has 1 aliphatic rings. The van der Waals surface area contributed by atoms with Crippen molar-refractivity contribution in [2.45, 2.75) is 24.8 Å². The van der Waals surface area contributed by atoms with Gasteiger partial charge in [0.2, 0.25) is 11.7 Å². The molecule has 0 unspecified atom stereocenters. The first-order chi connectivity index (χ1) is 10.7. The average Bonchev–Trinajstić information content (AvgIpc) is 3.09. The Labute approximate surface area is 130 Å². The van der Waals surface area contributed by atoms with Gasteiger partial charge in [-0.15, -0.1) is 0 Å². The molecule has 0 atom stereocenters. The van der Waals surface area contributed by atoms with Crippen LogP contribution in [0.4, 0.5) is 4.39 Å². The fraction of sp³-hybridized carbons (Fsp3) is 0.267. The summed E-state index contributed by atoms with van der Waals surface area (Å²) in [5.41, 5.74) is 0.573. The smallest absolute Gasteiger partial charge is 0.230 e. The second kappa shape index (κ2) is 5.21. The fourth-order valence-electron chi connectivity index (χ4n) is 2.70. The van der Waals surface area contributed by atoms with Gasteiger partial charge >= 0.3 is 0 Å². The molecule has 2 heterocycles. The molecule has 4 rings (SSSR count). The highest BCUT2D eigenvalue weighted by atomic mass is 35.5. The highest BCUT2D eigenvalue weighted by Gasteiger charge is 2.35. The third kappa shape index (κ3) is 2.29. The van der Waals surface area contributed by atoms with Gasteiger partial charge in [0.25, 0.3) is 0 Å². The third-order valence-electron chi connectivity index (χ3n) is 4.02. The zero-order chi connectivity index (χ0) is 15.1. The molecule has 1 aliphatic carbocycles. The van der Waals surface area contributed by atoms with Crippen molar-refractivity contribution in [1.29, 1.82) is 0 Å². The van der Waals surface area contributed by atoms with Crippen LogP contribution in [0.15, 0.2) is 41.4 Å². The molecule has 0 spiro atoms. The van der Waals surface area contributed by atoms with Crippen LogP contribution < -0.4 is 0 Å². The molecule has 1 saturated carbocycles. The van der Waals surface area contributed by atoms with Crippen LogP contribution in [0.25, 0.3) is 11.4 Å². The standard InChI is InChI=1S/C15H12ClFN4O/c16-13-7-10(17)1-2-12(13)14-19-15(22-20-14)9-5-11(6-9)21-4-3-18-8-21/h1-4,7-9,11H,5-6H2. The summed E-state index contributed by atoms with van der Waals surface area (Å²) in [7, 11) is 0. The van der Waals surface area contributed by atoms with Crippen molar-refractivity contribution < 1.29 is 8.91 Å². The normalized spacial score (nSPS) is 20.8. The number of halogens is 2. The Kier molecular flexibility index (Phi) is 3.18. The Hall–Kier alpha value is -2.21. The first-order valence-electron chi connectivity index (χ1n) is 6.97. The number of hydrogen-bond donors (Lipinski definition) is 0. The lowest BCUT2D eigenvalue weighted by molar-refractivity contribution is 0.214. The molecule has 0 radical (unpaired) electrons. The second-order valence-electron chi connectivity index (χ2n) is 5.41. The van der Waals surface area contributed by atoms with Crippen LogP contribution in [0.3, 0.4) is 0 Å². The van der Waals surface area contributed by atoms with Crippen LogP contribution in [-0.2, 0) is 0 Å². The molecule has 1 fully saturated rings. The van der Waals surface area contributed by atoms with E-state index in [2.05, 4.69) is 19.7 Å². The molecule has 0 aliphatic heterocycles. The van der Waals surface area contributed by atoms with Crippen molar-refractivity contribution in [2.75, 3.05) is 0 Å². The first-order valence-corrected chi connectivity index (χ1v) is 7.35. The van der Waals surface area contributed by atoms with E-state index in [0.29, 0.717) is 23.3 Å². The Bertz CT molecular complexity index is 796. The minimum Gasteiger partial charge on any atom is -0.339 e. The highest BCUT2D eigenvalue weighted by molar-refractivity contribution is 6.33. The van der Waals surface area contributed by atoms with Gasteiger partial charge < -0.3 is 9.09 Å². The number of rotatable bonds is 3. The van der Waals surface area contributed by atoms with Crippen LogP contribution >= 0.6 is 11.6 Å². The molecule has 0 bridgehead atoms. The molecule has 0 N–H and O–H groups in total. The minimum atomic E-state index is -0.389. The Morgan fingerprint density at radius 1 is 1.32 bits per heavy atom. The molecule has 3 aromatic rings. The third-order valence-corrected chi connectivity index (χ3v) is 4.34. The number of benzene rings is 1. The minimum absolute atomic E-state index is 0.243. The monoisotopic (exact) mass is 318 g/mol. The first kappa shape index (κ1) is 13.5. The summed E-state index contributed by atoms with van der Waals surface area (Å²) >= 11 is 6.02. The predicted octanol–water partition coefficient (Wildman–Crippen LogP) is 3.84. The molecular formula is C15H12ClFN4O. The summed E-state index contributed by atoms with van der Waals surface area (Å²) in [4.78, 5) is 8.45. The molecule has 112 valence electrons. The van der Waals surface area contributed by atoms with Crippen molar-refractivity contribution in [2.24, 2.45) is 0 Å². The van der Waals surface area contributed by atoms with Crippen molar-refractivity contribution in [3.05, 3.63) is 53.7 Å². The maximum Gasteiger partial charge on any atom is 0.230 e. The van der Waals surface area contributed by atoms with Gasteiger partial charge in [-0.1, -0.05) is 16.8 Å². The summed E-state index contributed by atoms with van der Waals surface area (Å²) in [6, 6.07) is 4.56. The van der Waals surface area contributed by atoms with E-state index in [1.54, 1.807) is 12.3 Å². The fourth-order valence-corrected chi connectivity index (χ4v) is 2.95. The Morgan fingerprint density at radius 3 is 2.91 bits per heavy atom. The van der Waals surface area contributed by atoms with Crippen LogP contribution in [0, 0.1) is 5.82 Å². The quantitative estimate of drug-likeness (QED) is 0.736. The van der Waals surface area contributed by atoms with Crippen LogP contribution in [0.5, 0.6) is 0 Å². The molecule has 5 nitrogen and oxygen atoms in total. The van der Waals surface area contributed by atoms with Gasteiger partial charge in [0.15, 0.2) is 0 Å². The maximum atomic E-state index is 13.1. The lowest BCUT2D eigenvalue weighted by atomic mass is 9.80. The van der Waals surface area contributed by atoms with Crippen molar-refractivity contribution >= 4 is 11.6 Å². The average molecular weight is 319 g/mol. The molecule has 7 heteroatoms. The van der Waals surface area contributed by atoms with E-state index in [4.69, 9.17) is 16.1 Å². The van der Waals surface area contributed by atoms with E-state index in [1.165, 1.54) is 12.1 Å². The van der Waals surface area contributed by atoms with E-state index < -0.39 is 0 Å². The van der Waals surface area contributed by atoms with Gasteiger partial charge in [0, 0.05) is 29.9 Å². The number of nitrogens with zero attached hydrogens (tertiary/aromatic N) is 4. The van der Waals surface area contributed by atoms with Crippen molar-refractivity contribution in [1.82, 2.24) is 19.7 Å². The van der Waals surface area contributed by atoms with Crippen molar-refractivity contribution in [3.63, 3.8) is 0 Å². The van der Waals surface area contributed by atoms with E-state index in [-0.39, 0.29) is 16.8 Å². The summed E-state index contributed by atoms with van der Waals surface area (Å²) in [5.74, 6) is 0.852. The summed E-state index contributed by atoms with van der Waals surface area (Å²) in [5, 5.41) is 4.23. The number of aromatic nitrogens is 4. The largest absolute Gasteiger partial charge is 0.339 e. The Morgan fingerprint density at radius 2 is 2.18 bits per heavy atom.